The number of rotatable bonds is 3. The first-order valence-corrected chi connectivity index (χ1v) is 7.16. The van der Waals surface area contributed by atoms with Crippen LogP contribution < -0.4 is 5.43 Å². The molecule has 110 valence electrons. The number of carbonyl (C=O) groups is 1. The van der Waals surface area contributed by atoms with Gasteiger partial charge in [-0.3, -0.25) is 4.79 Å². The van der Waals surface area contributed by atoms with E-state index in [1.165, 1.54) is 6.21 Å². The number of benzene rings is 1. The van der Waals surface area contributed by atoms with E-state index < -0.39 is 0 Å². The highest BCUT2D eigenvalue weighted by Crippen LogP contribution is 2.14. The predicted octanol–water partition coefficient (Wildman–Crippen LogP) is 1.85. The lowest BCUT2D eigenvalue weighted by atomic mass is 10.2. The molecule has 0 radical (unpaired) electrons. The molecule has 3 rings (SSSR count). The van der Waals surface area contributed by atoms with Crippen molar-refractivity contribution in [2.75, 3.05) is 0 Å². The molecule has 1 amide bonds. The average molecular weight is 293 g/mol. The molecule has 0 fully saturated rings. The normalized spacial score (nSPS) is 13.6. The Morgan fingerprint density at radius 1 is 1.36 bits per heavy atom. The monoisotopic (exact) mass is 293 g/mol. The highest BCUT2D eigenvalue weighted by Gasteiger charge is 2.16. The summed E-state index contributed by atoms with van der Waals surface area (Å²) in [6.45, 7) is 0.921. The van der Waals surface area contributed by atoms with E-state index in [1.54, 1.807) is 30.5 Å². The van der Waals surface area contributed by atoms with E-state index in [2.05, 4.69) is 15.5 Å². The first kappa shape index (κ1) is 14.0. The van der Waals surface area contributed by atoms with Gasteiger partial charge in [0.05, 0.1) is 17.8 Å². The molecule has 1 aromatic carbocycles. The fourth-order valence-electron chi connectivity index (χ4n) is 2.39. The lowest BCUT2D eigenvalue weighted by Crippen LogP contribution is -2.18. The van der Waals surface area contributed by atoms with Crippen LogP contribution in [-0.2, 0) is 13.0 Å². The van der Waals surface area contributed by atoms with Crippen molar-refractivity contribution in [3.63, 3.8) is 0 Å². The van der Waals surface area contributed by atoms with Gasteiger partial charge in [-0.1, -0.05) is 12.1 Å². The summed E-state index contributed by atoms with van der Waals surface area (Å²) in [4.78, 5) is 16.3. The summed E-state index contributed by atoms with van der Waals surface area (Å²) in [7, 11) is 0. The van der Waals surface area contributed by atoms with Crippen molar-refractivity contribution in [3.8, 4) is 6.07 Å². The van der Waals surface area contributed by atoms with Gasteiger partial charge in [-0.05, 0) is 30.5 Å². The van der Waals surface area contributed by atoms with E-state index in [9.17, 15) is 4.79 Å². The SMILES string of the molecule is N#Cc1ccc(/C=N/NC(=O)c2cn3c(n2)CCCC3)cc1. The van der Waals surface area contributed by atoms with Crippen LogP contribution in [0, 0.1) is 11.3 Å². The number of fused-ring (bicyclic) bond motifs is 1. The van der Waals surface area contributed by atoms with Gasteiger partial charge in [0.1, 0.15) is 11.5 Å². The van der Waals surface area contributed by atoms with Crippen molar-refractivity contribution in [2.45, 2.75) is 25.8 Å². The third kappa shape index (κ3) is 3.04. The average Bonchev–Trinajstić information content (AvgIpc) is 2.99. The number of amides is 1. The molecule has 0 spiro atoms. The number of hydrogen-bond acceptors (Lipinski definition) is 4. The second-order valence-corrected chi connectivity index (χ2v) is 5.13. The Morgan fingerprint density at radius 3 is 2.91 bits per heavy atom. The number of carbonyl (C=O) groups excluding carboxylic acids is 1. The minimum Gasteiger partial charge on any atom is -0.334 e. The fourth-order valence-corrected chi connectivity index (χ4v) is 2.39. The molecule has 6 heteroatoms. The minimum atomic E-state index is -0.313. The van der Waals surface area contributed by atoms with Crippen LogP contribution in [0.25, 0.3) is 0 Å². The van der Waals surface area contributed by atoms with E-state index >= 15 is 0 Å². The van der Waals surface area contributed by atoms with Crippen LogP contribution in [0.4, 0.5) is 0 Å². The summed E-state index contributed by atoms with van der Waals surface area (Å²) in [6.07, 6.45) is 6.48. The molecular formula is C16H15N5O. The maximum atomic E-state index is 12.0. The van der Waals surface area contributed by atoms with Crippen molar-refractivity contribution in [2.24, 2.45) is 5.10 Å². The molecule has 2 heterocycles. The number of aryl methyl sites for hydroxylation is 2. The first-order valence-electron chi connectivity index (χ1n) is 7.16. The summed E-state index contributed by atoms with van der Waals surface area (Å²) in [6, 6.07) is 8.99. The van der Waals surface area contributed by atoms with E-state index in [1.807, 2.05) is 10.6 Å². The molecule has 0 aliphatic carbocycles. The Balaban J connectivity index is 1.63. The lowest BCUT2D eigenvalue weighted by Gasteiger charge is -2.11. The summed E-state index contributed by atoms with van der Waals surface area (Å²) in [5.41, 5.74) is 4.27. The van der Waals surface area contributed by atoms with Gasteiger partial charge >= 0.3 is 0 Å². The highest BCUT2D eigenvalue weighted by atomic mass is 16.2. The highest BCUT2D eigenvalue weighted by molar-refractivity contribution is 5.93. The standard InChI is InChI=1S/C16H15N5O/c17-9-12-4-6-13(7-5-12)10-18-20-16(22)14-11-21-8-2-1-3-15(21)19-14/h4-7,10-11H,1-3,8H2,(H,20,22)/b18-10+. The lowest BCUT2D eigenvalue weighted by molar-refractivity contribution is 0.0950. The van der Waals surface area contributed by atoms with E-state index in [4.69, 9.17) is 5.26 Å². The Hall–Kier alpha value is -2.94. The van der Waals surface area contributed by atoms with Crippen molar-refractivity contribution in [1.82, 2.24) is 15.0 Å². The van der Waals surface area contributed by atoms with Gasteiger partial charge < -0.3 is 4.57 Å². The molecule has 0 atom stereocenters. The van der Waals surface area contributed by atoms with Crippen molar-refractivity contribution >= 4 is 12.1 Å². The summed E-state index contributed by atoms with van der Waals surface area (Å²) < 4.78 is 2.03. The van der Waals surface area contributed by atoms with Gasteiger partial charge in [0.25, 0.3) is 5.91 Å². The van der Waals surface area contributed by atoms with Crippen molar-refractivity contribution < 1.29 is 4.79 Å². The number of hydrogen-bond donors (Lipinski definition) is 1. The second-order valence-electron chi connectivity index (χ2n) is 5.13. The molecule has 0 saturated heterocycles. The van der Waals surface area contributed by atoms with Gasteiger partial charge in [0, 0.05) is 19.2 Å². The van der Waals surface area contributed by atoms with Gasteiger partial charge in [-0.25, -0.2) is 10.4 Å². The van der Waals surface area contributed by atoms with Gasteiger partial charge in [0.15, 0.2) is 0 Å². The summed E-state index contributed by atoms with van der Waals surface area (Å²) >= 11 is 0. The van der Waals surface area contributed by atoms with Gasteiger partial charge in [-0.2, -0.15) is 10.4 Å². The predicted molar refractivity (Wildman–Crippen MR) is 81.4 cm³/mol. The van der Waals surface area contributed by atoms with Crippen LogP contribution in [0.3, 0.4) is 0 Å². The number of imidazole rings is 1. The van der Waals surface area contributed by atoms with Crippen LogP contribution in [0.15, 0.2) is 35.6 Å². The molecule has 2 aromatic rings. The Labute approximate surface area is 128 Å². The first-order chi connectivity index (χ1) is 10.8. The zero-order chi connectivity index (χ0) is 15.4. The Bertz CT molecular complexity index is 728. The van der Waals surface area contributed by atoms with E-state index in [-0.39, 0.29) is 5.91 Å². The maximum Gasteiger partial charge on any atom is 0.291 e. The van der Waals surface area contributed by atoms with Crippen molar-refractivity contribution in [3.05, 3.63) is 53.1 Å². The minimum absolute atomic E-state index is 0.313. The number of nitrogens with zero attached hydrogens (tertiary/aromatic N) is 4. The van der Waals surface area contributed by atoms with Gasteiger partial charge in [0.2, 0.25) is 0 Å². The van der Waals surface area contributed by atoms with Crippen molar-refractivity contribution in [1.29, 1.82) is 5.26 Å². The van der Waals surface area contributed by atoms with Crippen LogP contribution in [0.2, 0.25) is 0 Å². The number of hydrazone groups is 1. The number of nitriles is 1. The van der Waals surface area contributed by atoms with Gasteiger partial charge in [-0.15, -0.1) is 0 Å². The topological polar surface area (TPSA) is 83.1 Å². The maximum absolute atomic E-state index is 12.0. The molecule has 1 aromatic heterocycles. The Kier molecular flexibility index (Phi) is 3.97. The number of aromatic nitrogens is 2. The summed E-state index contributed by atoms with van der Waals surface area (Å²) in [5, 5.41) is 12.6. The zero-order valence-electron chi connectivity index (χ0n) is 12.0. The number of nitrogens with one attached hydrogen (secondary N) is 1. The van der Waals surface area contributed by atoms with Crippen LogP contribution >= 0.6 is 0 Å². The third-order valence-electron chi connectivity index (χ3n) is 3.56. The van der Waals surface area contributed by atoms with Crippen LogP contribution in [-0.4, -0.2) is 21.7 Å². The summed E-state index contributed by atoms with van der Waals surface area (Å²) in [5.74, 6) is 0.652. The van der Waals surface area contributed by atoms with E-state index in [0.717, 1.165) is 37.2 Å². The van der Waals surface area contributed by atoms with E-state index in [0.29, 0.717) is 11.3 Å². The molecule has 6 nitrogen and oxygen atoms in total. The fraction of sp³-hybridized carbons (Fsp3) is 0.250. The molecule has 0 saturated carbocycles. The molecule has 1 aliphatic rings. The quantitative estimate of drug-likeness (QED) is 0.692. The molecular weight excluding hydrogens is 278 g/mol. The molecule has 0 unspecified atom stereocenters. The third-order valence-corrected chi connectivity index (χ3v) is 3.56. The Morgan fingerprint density at radius 2 is 2.18 bits per heavy atom. The molecule has 22 heavy (non-hydrogen) atoms. The van der Waals surface area contributed by atoms with Crippen LogP contribution in [0.1, 0.15) is 40.3 Å². The second kappa shape index (κ2) is 6.22. The molecule has 1 aliphatic heterocycles. The zero-order valence-corrected chi connectivity index (χ0v) is 12.0. The van der Waals surface area contributed by atoms with Crippen LogP contribution in [0.5, 0.6) is 0 Å². The molecule has 0 bridgehead atoms. The largest absolute Gasteiger partial charge is 0.334 e. The smallest absolute Gasteiger partial charge is 0.291 e. The molecule has 1 N–H and O–H groups in total.